The third-order valence-corrected chi connectivity index (χ3v) is 8.52. The van der Waals surface area contributed by atoms with Gasteiger partial charge >= 0.3 is 0 Å². The van der Waals surface area contributed by atoms with Gasteiger partial charge in [0.2, 0.25) is 0 Å². The summed E-state index contributed by atoms with van der Waals surface area (Å²) < 4.78 is 26.3. The van der Waals surface area contributed by atoms with Crippen molar-refractivity contribution in [1.82, 2.24) is 0 Å². The van der Waals surface area contributed by atoms with E-state index in [9.17, 15) is 0 Å². The summed E-state index contributed by atoms with van der Waals surface area (Å²) in [4.78, 5) is 0. The molecule has 0 aliphatic carbocycles. The van der Waals surface area contributed by atoms with Crippen molar-refractivity contribution in [3.8, 4) is 45.3 Å². The Balaban J connectivity index is 1.62. The molecule has 214 valence electrons. The molecule has 0 aromatic heterocycles. The van der Waals surface area contributed by atoms with Gasteiger partial charge in [-0.05, 0) is 97.2 Å². The van der Waals surface area contributed by atoms with Crippen LogP contribution in [-0.2, 0) is 0 Å². The van der Waals surface area contributed by atoms with Crippen molar-refractivity contribution in [3.05, 3.63) is 84.9 Å². The monoisotopic (exact) mass is 558 g/mol. The van der Waals surface area contributed by atoms with Crippen LogP contribution in [0, 0.1) is 0 Å². The molecular weight excluding hydrogens is 520 g/mol. The van der Waals surface area contributed by atoms with Crippen LogP contribution in [0.25, 0.3) is 43.8 Å². The summed E-state index contributed by atoms with van der Waals surface area (Å²) in [6.45, 7) is 2.70. The normalized spacial score (nSPS) is 16.2. The fourth-order valence-electron chi connectivity index (χ4n) is 6.51. The summed E-state index contributed by atoms with van der Waals surface area (Å²) in [6, 6.07) is 30.0. The zero-order chi connectivity index (χ0) is 28.1. The van der Waals surface area contributed by atoms with Crippen molar-refractivity contribution >= 4 is 21.5 Å². The molecule has 0 spiro atoms. The van der Waals surface area contributed by atoms with Crippen molar-refractivity contribution in [2.45, 2.75) is 51.4 Å². The highest BCUT2D eigenvalue weighted by atomic mass is 16.5. The van der Waals surface area contributed by atoms with Gasteiger partial charge in [-0.2, -0.15) is 0 Å². The fourth-order valence-corrected chi connectivity index (χ4v) is 6.51. The van der Waals surface area contributed by atoms with Crippen LogP contribution in [0.4, 0.5) is 0 Å². The number of fused-ring (bicyclic) bond motifs is 1. The first-order chi connectivity index (χ1) is 20.9. The highest BCUT2D eigenvalue weighted by molar-refractivity contribution is 6.23. The van der Waals surface area contributed by atoms with Crippen LogP contribution < -0.4 is 18.9 Å². The van der Waals surface area contributed by atoms with Gasteiger partial charge in [0.15, 0.2) is 0 Å². The summed E-state index contributed by atoms with van der Waals surface area (Å²) >= 11 is 0. The minimum Gasteiger partial charge on any atom is -0.493 e. The quantitative estimate of drug-likeness (QED) is 0.177. The molecule has 0 fully saturated rings. The molecule has 2 aliphatic heterocycles. The Bertz CT molecular complexity index is 1470. The molecule has 5 aromatic rings. The zero-order valence-corrected chi connectivity index (χ0v) is 24.2. The van der Waals surface area contributed by atoms with Crippen LogP contribution >= 0.6 is 0 Å². The van der Waals surface area contributed by atoms with Crippen LogP contribution in [0.5, 0.6) is 23.0 Å². The molecule has 0 N–H and O–H groups in total. The van der Waals surface area contributed by atoms with E-state index in [0.717, 1.165) is 118 Å². The second kappa shape index (κ2) is 12.4. The van der Waals surface area contributed by atoms with E-state index in [-0.39, 0.29) is 0 Å². The van der Waals surface area contributed by atoms with Crippen molar-refractivity contribution in [3.63, 3.8) is 0 Å². The van der Waals surface area contributed by atoms with Crippen LogP contribution in [0.1, 0.15) is 51.4 Å². The number of benzene rings is 5. The maximum atomic E-state index is 6.58. The van der Waals surface area contributed by atoms with Crippen molar-refractivity contribution in [1.29, 1.82) is 0 Å². The van der Waals surface area contributed by atoms with E-state index in [1.165, 1.54) is 0 Å². The SMILES string of the molecule is c1cc2c3c(c1)OCCCCCCOc1cccc(c1-c1c4ccccc4c-3c3ccccc13)OCCCCCCO2. The Morgan fingerprint density at radius 2 is 0.571 bits per heavy atom. The molecule has 0 atom stereocenters. The second-order valence-corrected chi connectivity index (χ2v) is 11.3. The fraction of sp³-hybridized carbons (Fsp3) is 0.316. The minimum atomic E-state index is 0.675. The van der Waals surface area contributed by atoms with Gasteiger partial charge < -0.3 is 18.9 Å². The van der Waals surface area contributed by atoms with Gasteiger partial charge in [0, 0.05) is 11.1 Å². The van der Waals surface area contributed by atoms with E-state index < -0.39 is 0 Å². The predicted octanol–water partition coefficient (Wildman–Crippen LogP) is 9.99. The van der Waals surface area contributed by atoms with E-state index in [1.54, 1.807) is 0 Å². The molecule has 4 heteroatoms. The number of hydrogen-bond acceptors (Lipinski definition) is 4. The third-order valence-electron chi connectivity index (χ3n) is 8.52. The summed E-state index contributed by atoms with van der Waals surface area (Å²) in [6.07, 6.45) is 8.40. The largest absolute Gasteiger partial charge is 0.493 e. The summed E-state index contributed by atoms with van der Waals surface area (Å²) in [5, 5.41) is 4.64. The number of rotatable bonds is 0. The highest BCUT2D eigenvalue weighted by Crippen LogP contribution is 2.52. The van der Waals surface area contributed by atoms with Gasteiger partial charge in [-0.25, -0.2) is 0 Å². The molecule has 42 heavy (non-hydrogen) atoms. The molecule has 0 saturated heterocycles. The summed E-state index contributed by atoms with van der Waals surface area (Å²) in [7, 11) is 0. The number of ether oxygens (including phenoxy) is 4. The van der Waals surface area contributed by atoms with Gasteiger partial charge in [0.05, 0.1) is 37.6 Å². The molecular formula is C38H38O4. The topological polar surface area (TPSA) is 36.9 Å². The lowest BCUT2D eigenvalue weighted by molar-refractivity contribution is 0.276. The molecule has 5 aromatic carbocycles. The minimum absolute atomic E-state index is 0.675. The van der Waals surface area contributed by atoms with E-state index in [1.807, 2.05) is 0 Å². The molecule has 0 unspecified atom stereocenters. The average Bonchev–Trinajstić information content (AvgIpc) is 3.02. The molecule has 0 saturated carbocycles. The lowest BCUT2D eigenvalue weighted by Crippen LogP contribution is -2.06. The van der Waals surface area contributed by atoms with Crippen molar-refractivity contribution in [2.75, 3.05) is 26.4 Å². The molecule has 0 amide bonds. The molecule has 0 radical (unpaired) electrons. The Labute approximate surface area is 248 Å². The average molecular weight is 559 g/mol. The van der Waals surface area contributed by atoms with E-state index >= 15 is 0 Å². The first-order valence-corrected chi connectivity index (χ1v) is 15.6. The van der Waals surface area contributed by atoms with Gasteiger partial charge in [0.1, 0.15) is 23.0 Å². The van der Waals surface area contributed by atoms with Crippen LogP contribution in [0.3, 0.4) is 0 Å². The molecule has 2 heterocycles. The maximum Gasteiger partial charge on any atom is 0.130 e. The van der Waals surface area contributed by atoms with Crippen LogP contribution in [0.2, 0.25) is 0 Å². The smallest absolute Gasteiger partial charge is 0.130 e. The van der Waals surface area contributed by atoms with Gasteiger partial charge in [-0.15, -0.1) is 0 Å². The Hall–Kier alpha value is -4.18. The van der Waals surface area contributed by atoms with E-state index in [2.05, 4.69) is 84.9 Å². The number of hydrogen-bond donors (Lipinski definition) is 0. The van der Waals surface area contributed by atoms with E-state index in [0.29, 0.717) is 26.4 Å². The Morgan fingerprint density at radius 3 is 0.857 bits per heavy atom. The molecule has 2 aliphatic rings. The lowest BCUT2D eigenvalue weighted by Gasteiger charge is -2.24. The van der Waals surface area contributed by atoms with Gasteiger partial charge in [-0.3, -0.25) is 0 Å². The second-order valence-electron chi connectivity index (χ2n) is 11.3. The third kappa shape index (κ3) is 5.15. The first kappa shape index (κ1) is 26.7. The standard InChI is InChI=1S/C38H38O4/c1-2-10-24-40-32-20-14-22-34-38(32)36-29-17-7-5-15-27(29)35(28-16-6-8-18-30(28)36)37-31(39-23-9-1)19-13-21-33(37)41-25-11-3-4-12-26-42-34/h5-8,13-22H,1-4,9-12,23-26H2. The highest BCUT2D eigenvalue weighted by Gasteiger charge is 2.25. The molecule has 7 rings (SSSR count). The summed E-state index contributed by atoms with van der Waals surface area (Å²) in [5.74, 6) is 3.54. The zero-order valence-electron chi connectivity index (χ0n) is 24.2. The lowest BCUT2D eigenvalue weighted by atomic mass is 9.85. The van der Waals surface area contributed by atoms with Crippen LogP contribution in [0.15, 0.2) is 84.9 Å². The van der Waals surface area contributed by atoms with Crippen molar-refractivity contribution in [2.24, 2.45) is 0 Å². The first-order valence-electron chi connectivity index (χ1n) is 15.6. The van der Waals surface area contributed by atoms with E-state index in [4.69, 9.17) is 18.9 Å². The van der Waals surface area contributed by atoms with Crippen molar-refractivity contribution < 1.29 is 18.9 Å². The molecule has 4 nitrogen and oxygen atoms in total. The summed E-state index contributed by atoms with van der Waals surface area (Å²) in [5.41, 5.74) is 4.37. The maximum absolute atomic E-state index is 6.58. The Kier molecular flexibility index (Phi) is 7.86. The predicted molar refractivity (Wildman–Crippen MR) is 171 cm³/mol. The Morgan fingerprint density at radius 1 is 0.286 bits per heavy atom. The van der Waals surface area contributed by atoms with Crippen LogP contribution in [-0.4, -0.2) is 26.4 Å². The molecule has 4 bridgehead atoms. The van der Waals surface area contributed by atoms with Gasteiger partial charge in [0.25, 0.3) is 0 Å². The van der Waals surface area contributed by atoms with Gasteiger partial charge in [-0.1, -0.05) is 60.7 Å².